The number of hydrogen-bond acceptors (Lipinski definition) is 5. The third-order valence-corrected chi connectivity index (χ3v) is 6.24. The van der Waals surface area contributed by atoms with Crippen molar-refractivity contribution >= 4 is 35.2 Å². The smallest absolute Gasteiger partial charge is 0.340 e. The highest BCUT2D eigenvalue weighted by molar-refractivity contribution is 6.22. The van der Waals surface area contributed by atoms with Crippen LogP contribution in [0.5, 0.6) is 0 Å². The highest BCUT2D eigenvalue weighted by Crippen LogP contribution is 2.32. The van der Waals surface area contributed by atoms with Crippen molar-refractivity contribution in [1.82, 2.24) is 4.90 Å². The molecule has 1 fully saturated rings. The van der Waals surface area contributed by atoms with E-state index in [1.807, 2.05) is 6.92 Å². The summed E-state index contributed by atoms with van der Waals surface area (Å²) in [6.07, 6.45) is 6.49. The molecule has 0 spiro atoms. The van der Waals surface area contributed by atoms with Crippen LogP contribution in [0.1, 0.15) is 82.9 Å². The number of fused-ring (bicyclic) bond motifs is 1. The molecule has 8 nitrogen and oxygen atoms in total. The molecule has 178 valence electrons. The first-order chi connectivity index (χ1) is 16.5. The number of imide groups is 1. The van der Waals surface area contributed by atoms with E-state index in [1.165, 1.54) is 11.0 Å². The number of para-hydroxylation sites is 1. The van der Waals surface area contributed by atoms with Gasteiger partial charge in [-0.15, -0.1) is 0 Å². The van der Waals surface area contributed by atoms with E-state index in [0.717, 1.165) is 44.9 Å². The van der Waals surface area contributed by atoms with Crippen molar-refractivity contribution in [3.63, 3.8) is 0 Å². The number of carbonyl (C=O) groups is 4. The fourth-order valence-corrected chi connectivity index (χ4v) is 4.45. The summed E-state index contributed by atoms with van der Waals surface area (Å²) < 4.78 is 5.26. The van der Waals surface area contributed by atoms with Crippen molar-refractivity contribution in [2.45, 2.75) is 57.9 Å². The van der Waals surface area contributed by atoms with Gasteiger partial charge < -0.3 is 15.4 Å². The number of esters is 1. The van der Waals surface area contributed by atoms with Gasteiger partial charge in [0.2, 0.25) is 0 Å². The quantitative estimate of drug-likeness (QED) is 0.333. The molecular formula is C26H29N3O5. The predicted molar refractivity (Wildman–Crippen MR) is 128 cm³/mol. The summed E-state index contributed by atoms with van der Waals surface area (Å²) in [5, 5.41) is 5.35. The first-order valence-corrected chi connectivity index (χ1v) is 11.9. The molecule has 0 atom stereocenters. The van der Waals surface area contributed by atoms with E-state index in [9.17, 15) is 19.2 Å². The Balaban J connectivity index is 1.44. The number of urea groups is 1. The number of anilines is 2. The number of amides is 4. The monoisotopic (exact) mass is 463 g/mol. The Morgan fingerprint density at radius 2 is 1.71 bits per heavy atom. The lowest BCUT2D eigenvalue weighted by Gasteiger charge is -2.29. The van der Waals surface area contributed by atoms with Crippen LogP contribution in [0.15, 0.2) is 42.5 Å². The summed E-state index contributed by atoms with van der Waals surface area (Å²) in [4.78, 5) is 52.2. The van der Waals surface area contributed by atoms with Gasteiger partial charge in [0.1, 0.15) is 0 Å². The molecule has 8 heteroatoms. The first-order valence-electron chi connectivity index (χ1n) is 11.9. The zero-order chi connectivity index (χ0) is 24.1. The molecule has 4 amide bonds. The number of rotatable bonds is 7. The van der Waals surface area contributed by atoms with Crippen LogP contribution in [-0.4, -0.2) is 41.4 Å². The van der Waals surface area contributed by atoms with Crippen molar-refractivity contribution in [3.05, 3.63) is 59.2 Å². The average Bonchev–Trinajstić information content (AvgIpc) is 3.09. The molecule has 4 rings (SSSR count). The van der Waals surface area contributed by atoms with Gasteiger partial charge >= 0.3 is 12.0 Å². The fraction of sp³-hybridized carbons (Fsp3) is 0.385. The average molecular weight is 464 g/mol. The Bertz CT molecular complexity index is 1110. The number of benzene rings is 2. The molecule has 1 saturated carbocycles. The van der Waals surface area contributed by atoms with Crippen LogP contribution in [0.3, 0.4) is 0 Å². The van der Waals surface area contributed by atoms with E-state index in [1.54, 1.807) is 36.4 Å². The van der Waals surface area contributed by atoms with E-state index in [-0.39, 0.29) is 23.4 Å². The molecule has 2 aliphatic rings. The van der Waals surface area contributed by atoms with Gasteiger partial charge in [0.15, 0.2) is 0 Å². The zero-order valence-electron chi connectivity index (χ0n) is 19.3. The summed E-state index contributed by atoms with van der Waals surface area (Å²) >= 11 is 0. The molecule has 0 saturated heterocycles. The minimum atomic E-state index is -0.574. The summed E-state index contributed by atoms with van der Waals surface area (Å²) in [6.45, 7) is 2.32. The van der Waals surface area contributed by atoms with Crippen molar-refractivity contribution in [1.29, 1.82) is 0 Å². The van der Waals surface area contributed by atoms with Crippen LogP contribution in [0.2, 0.25) is 0 Å². The van der Waals surface area contributed by atoms with E-state index in [4.69, 9.17) is 4.74 Å². The Labute approximate surface area is 198 Å². The fourth-order valence-electron chi connectivity index (χ4n) is 4.45. The second-order valence-corrected chi connectivity index (χ2v) is 8.65. The molecular weight excluding hydrogens is 434 g/mol. The number of hydrogen-bond donors (Lipinski definition) is 2. The van der Waals surface area contributed by atoms with Crippen molar-refractivity contribution in [2.75, 3.05) is 17.2 Å². The molecule has 1 aliphatic carbocycles. The van der Waals surface area contributed by atoms with Gasteiger partial charge in [-0.05, 0) is 49.6 Å². The third kappa shape index (κ3) is 4.95. The maximum atomic E-state index is 13.0. The van der Waals surface area contributed by atoms with Crippen molar-refractivity contribution in [3.8, 4) is 0 Å². The topological polar surface area (TPSA) is 105 Å². The van der Waals surface area contributed by atoms with Crippen LogP contribution in [0.4, 0.5) is 16.2 Å². The first kappa shape index (κ1) is 23.5. The van der Waals surface area contributed by atoms with E-state index < -0.39 is 12.0 Å². The largest absolute Gasteiger partial charge is 0.462 e. The van der Waals surface area contributed by atoms with Gasteiger partial charge in [0.25, 0.3) is 11.8 Å². The lowest BCUT2D eigenvalue weighted by Crippen LogP contribution is -2.40. The summed E-state index contributed by atoms with van der Waals surface area (Å²) in [5.41, 5.74) is 1.62. The maximum absolute atomic E-state index is 13.0. The lowest BCUT2D eigenvalue weighted by atomic mass is 9.94. The van der Waals surface area contributed by atoms with E-state index in [0.29, 0.717) is 29.1 Å². The molecule has 0 unspecified atom stereocenters. The standard InChI is InChI=1S/C26H29N3O5/c1-2-3-15-34-25(32)20-11-7-8-12-22(20)28-26(33)27-17-13-14-19-21(16-17)24(31)29(23(19)30)18-9-5-4-6-10-18/h7-8,11-14,16,18H,2-6,9-10,15H2,1H3,(H2,27,28,33). The molecule has 1 heterocycles. The Morgan fingerprint density at radius 3 is 2.47 bits per heavy atom. The summed E-state index contributed by atoms with van der Waals surface area (Å²) in [5.74, 6) is -1.08. The molecule has 0 radical (unpaired) electrons. The molecule has 2 aromatic carbocycles. The van der Waals surface area contributed by atoms with Gasteiger partial charge in [0, 0.05) is 11.7 Å². The highest BCUT2D eigenvalue weighted by Gasteiger charge is 2.40. The van der Waals surface area contributed by atoms with Crippen molar-refractivity contribution in [2.24, 2.45) is 0 Å². The minimum absolute atomic E-state index is 0.0607. The molecule has 0 bridgehead atoms. The Hall–Kier alpha value is -3.68. The number of unbranched alkanes of at least 4 members (excludes halogenated alkanes) is 1. The molecule has 1 aliphatic heterocycles. The third-order valence-electron chi connectivity index (χ3n) is 6.24. The van der Waals surface area contributed by atoms with Crippen LogP contribution in [-0.2, 0) is 4.74 Å². The summed E-state index contributed by atoms with van der Waals surface area (Å²) in [7, 11) is 0. The minimum Gasteiger partial charge on any atom is -0.462 e. The highest BCUT2D eigenvalue weighted by atomic mass is 16.5. The SMILES string of the molecule is CCCCOC(=O)c1ccccc1NC(=O)Nc1ccc2c(c1)C(=O)N(C1CCCCC1)C2=O. The van der Waals surface area contributed by atoms with E-state index in [2.05, 4.69) is 10.6 Å². The van der Waals surface area contributed by atoms with Gasteiger partial charge in [-0.1, -0.05) is 44.7 Å². The van der Waals surface area contributed by atoms with Gasteiger partial charge in [0.05, 0.1) is 29.0 Å². The zero-order valence-corrected chi connectivity index (χ0v) is 19.3. The van der Waals surface area contributed by atoms with Gasteiger partial charge in [-0.25, -0.2) is 9.59 Å². The second-order valence-electron chi connectivity index (χ2n) is 8.65. The molecule has 2 N–H and O–H groups in total. The predicted octanol–water partition coefficient (Wildman–Crippen LogP) is 5.22. The van der Waals surface area contributed by atoms with Gasteiger partial charge in [-0.3, -0.25) is 14.5 Å². The number of nitrogens with zero attached hydrogens (tertiary/aromatic N) is 1. The van der Waals surface area contributed by atoms with Crippen LogP contribution in [0, 0.1) is 0 Å². The van der Waals surface area contributed by atoms with Crippen LogP contribution in [0.25, 0.3) is 0 Å². The normalized spacial score (nSPS) is 15.7. The van der Waals surface area contributed by atoms with Gasteiger partial charge in [-0.2, -0.15) is 0 Å². The summed E-state index contributed by atoms with van der Waals surface area (Å²) in [6, 6.07) is 10.7. The molecule has 0 aromatic heterocycles. The second kappa shape index (κ2) is 10.5. The number of carbonyl (C=O) groups excluding carboxylic acids is 4. The Morgan fingerprint density at radius 1 is 0.971 bits per heavy atom. The lowest BCUT2D eigenvalue weighted by molar-refractivity contribution is 0.0498. The Kier molecular flexibility index (Phi) is 7.25. The number of nitrogens with one attached hydrogen (secondary N) is 2. The van der Waals surface area contributed by atoms with Crippen molar-refractivity contribution < 1.29 is 23.9 Å². The molecule has 34 heavy (non-hydrogen) atoms. The number of ether oxygens (including phenoxy) is 1. The maximum Gasteiger partial charge on any atom is 0.340 e. The van der Waals surface area contributed by atoms with E-state index >= 15 is 0 Å². The van der Waals surface area contributed by atoms with Crippen LogP contribution >= 0.6 is 0 Å². The molecule has 2 aromatic rings. The van der Waals surface area contributed by atoms with Crippen LogP contribution < -0.4 is 10.6 Å².